The average Bonchev–Trinajstić information content (AvgIpc) is 3.10. The van der Waals surface area contributed by atoms with Gasteiger partial charge in [0, 0.05) is 10.7 Å². The highest BCUT2D eigenvalue weighted by Crippen LogP contribution is 2.14. The van der Waals surface area contributed by atoms with Crippen molar-refractivity contribution in [1.29, 1.82) is 0 Å². The van der Waals surface area contributed by atoms with Gasteiger partial charge in [-0.25, -0.2) is 0 Å². The van der Waals surface area contributed by atoms with Crippen LogP contribution >= 0.6 is 15.9 Å². The third kappa shape index (κ3) is 3.28. The highest BCUT2D eigenvalue weighted by Gasteiger charge is 2.12. The molecule has 3 rings (SSSR count). The number of rotatable bonds is 4. The summed E-state index contributed by atoms with van der Waals surface area (Å²) in [7, 11) is 0. The Morgan fingerprint density at radius 3 is 2.77 bits per heavy atom. The lowest BCUT2D eigenvalue weighted by molar-refractivity contribution is 0.102. The zero-order valence-electron chi connectivity index (χ0n) is 11.9. The second-order valence-corrected chi connectivity index (χ2v) is 5.81. The molecule has 0 aliphatic rings. The van der Waals surface area contributed by atoms with E-state index in [9.17, 15) is 4.79 Å². The average molecular weight is 360 g/mol. The smallest absolute Gasteiger partial charge is 0.259 e. The first-order chi connectivity index (χ1) is 10.6. The van der Waals surface area contributed by atoms with Gasteiger partial charge in [0.1, 0.15) is 5.76 Å². The van der Waals surface area contributed by atoms with Crippen molar-refractivity contribution in [2.24, 2.45) is 0 Å². The minimum atomic E-state index is -0.200. The number of hydrogen-bond acceptors (Lipinski definition) is 3. The Labute approximate surface area is 136 Å². The molecule has 0 saturated heterocycles. The van der Waals surface area contributed by atoms with Gasteiger partial charge < -0.3 is 9.73 Å². The molecule has 0 bridgehead atoms. The number of nitrogens with one attached hydrogen (secondary N) is 1. The molecule has 0 radical (unpaired) electrons. The van der Waals surface area contributed by atoms with Crippen LogP contribution in [0.5, 0.6) is 0 Å². The van der Waals surface area contributed by atoms with Crippen LogP contribution in [0.1, 0.15) is 21.7 Å². The van der Waals surface area contributed by atoms with Gasteiger partial charge in [-0.2, -0.15) is 5.10 Å². The van der Waals surface area contributed by atoms with Gasteiger partial charge >= 0.3 is 0 Å². The molecule has 2 heterocycles. The molecule has 2 aromatic heterocycles. The molecule has 22 heavy (non-hydrogen) atoms. The first-order valence-corrected chi connectivity index (χ1v) is 7.53. The number of halogens is 1. The molecule has 1 N–H and O–H groups in total. The third-order valence-corrected chi connectivity index (χ3v) is 3.78. The lowest BCUT2D eigenvalue weighted by Gasteiger charge is -2.02. The summed E-state index contributed by atoms with van der Waals surface area (Å²) in [5, 5.41) is 7.07. The SMILES string of the molecule is Cc1occc1C(=O)Nc1cnn(Cc2ccc(Br)cc2)c1. The molecule has 6 heteroatoms. The van der Waals surface area contributed by atoms with Crippen molar-refractivity contribution in [2.45, 2.75) is 13.5 Å². The summed E-state index contributed by atoms with van der Waals surface area (Å²) in [6, 6.07) is 9.68. The summed E-state index contributed by atoms with van der Waals surface area (Å²) in [5.41, 5.74) is 2.32. The summed E-state index contributed by atoms with van der Waals surface area (Å²) in [4.78, 5) is 12.1. The van der Waals surface area contributed by atoms with Crippen LogP contribution in [-0.4, -0.2) is 15.7 Å². The van der Waals surface area contributed by atoms with E-state index < -0.39 is 0 Å². The minimum absolute atomic E-state index is 0.200. The zero-order valence-corrected chi connectivity index (χ0v) is 13.5. The molecule has 0 aliphatic carbocycles. The summed E-state index contributed by atoms with van der Waals surface area (Å²) < 4.78 is 7.95. The maximum atomic E-state index is 12.1. The van der Waals surface area contributed by atoms with Gasteiger partial charge in [0.25, 0.3) is 5.91 Å². The fourth-order valence-corrected chi connectivity index (χ4v) is 2.37. The number of aromatic nitrogens is 2. The maximum Gasteiger partial charge on any atom is 0.259 e. The monoisotopic (exact) mass is 359 g/mol. The Kier molecular flexibility index (Phi) is 4.11. The number of furan rings is 1. The molecule has 5 nitrogen and oxygen atoms in total. The van der Waals surface area contributed by atoms with Crippen molar-refractivity contribution in [2.75, 3.05) is 5.32 Å². The van der Waals surface area contributed by atoms with E-state index in [2.05, 4.69) is 26.3 Å². The topological polar surface area (TPSA) is 60.1 Å². The highest BCUT2D eigenvalue weighted by atomic mass is 79.9. The van der Waals surface area contributed by atoms with Crippen LogP contribution in [0.4, 0.5) is 5.69 Å². The fourth-order valence-electron chi connectivity index (χ4n) is 2.11. The molecule has 1 amide bonds. The number of hydrogen-bond donors (Lipinski definition) is 1. The Morgan fingerprint density at radius 1 is 1.32 bits per heavy atom. The normalized spacial score (nSPS) is 10.6. The van der Waals surface area contributed by atoms with Crippen LogP contribution in [0, 0.1) is 6.92 Å². The summed E-state index contributed by atoms with van der Waals surface area (Å²) in [6.07, 6.45) is 4.93. The van der Waals surface area contributed by atoms with Crippen LogP contribution in [0.2, 0.25) is 0 Å². The van der Waals surface area contributed by atoms with Crippen molar-refractivity contribution in [3.8, 4) is 0 Å². The fraction of sp³-hybridized carbons (Fsp3) is 0.125. The van der Waals surface area contributed by atoms with E-state index in [-0.39, 0.29) is 5.91 Å². The molecule has 0 atom stereocenters. The number of aryl methyl sites for hydroxylation is 1. The molecule has 1 aromatic carbocycles. The van der Waals surface area contributed by atoms with Crippen LogP contribution < -0.4 is 5.32 Å². The highest BCUT2D eigenvalue weighted by molar-refractivity contribution is 9.10. The molecule has 0 saturated carbocycles. The number of anilines is 1. The predicted molar refractivity (Wildman–Crippen MR) is 86.9 cm³/mol. The second kappa shape index (κ2) is 6.19. The van der Waals surface area contributed by atoms with Crippen LogP contribution in [0.3, 0.4) is 0 Å². The van der Waals surface area contributed by atoms with Crippen molar-refractivity contribution >= 4 is 27.5 Å². The van der Waals surface area contributed by atoms with E-state index >= 15 is 0 Å². The lowest BCUT2D eigenvalue weighted by atomic mass is 10.2. The molecule has 0 fully saturated rings. The maximum absolute atomic E-state index is 12.1. The van der Waals surface area contributed by atoms with Crippen molar-refractivity contribution in [3.05, 3.63) is 70.3 Å². The molecule has 3 aromatic rings. The van der Waals surface area contributed by atoms with E-state index in [1.807, 2.05) is 24.3 Å². The largest absolute Gasteiger partial charge is 0.469 e. The van der Waals surface area contributed by atoms with Gasteiger partial charge in [0.15, 0.2) is 0 Å². The molecular formula is C16H14BrN3O2. The summed E-state index contributed by atoms with van der Waals surface area (Å²) in [5.74, 6) is 0.397. The first-order valence-electron chi connectivity index (χ1n) is 6.74. The number of benzene rings is 1. The number of nitrogens with zero attached hydrogens (tertiary/aromatic N) is 2. The quantitative estimate of drug-likeness (QED) is 0.769. The van der Waals surface area contributed by atoms with Crippen LogP contribution in [0.15, 0.2) is 57.9 Å². The van der Waals surface area contributed by atoms with Crippen molar-refractivity contribution < 1.29 is 9.21 Å². The van der Waals surface area contributed by atoms with E-state index in [0.29, 0.717) is 23.6 Å². The van der Waals surface area contributed by atoms with E-state index in [0.717, 1.165) is 10.0 Å². The van der Waals surface area contributed by atoms with Crippen LogP contribution in [-0.2, 0) is 6.54 Å². The van der Waals surface area contributed by atoms with E-state index in [1.165, 1.54) is 6.26 Å². The number of carbonyl (C=O) groups excluding carboxylic acids is 1. The molecule has 0 unspecified atom stereocenters. The second-order valence-electron chi connectivity index (χ2n) is 4.90. The third-order valence-electron chi connectivity index (χ3n) is 3.25. The van der Waals surface area contributed by atoms with Gasteiger partial charge in [-0.05, 0) is 30.7 Å². The van der Waals surface area contributed by atoms with Gasteiger partial charge in [-0.15, -0.1) is 0 Å². The van der Waals surface area contributed by atoms with Gasteiger partial charge in [-0.1, -0.05) is 28.1 Å². The van der Waals surface area contributed by atoms with Crippen LogP contribution in [0.25, 0.3) is 0 Å². The standard InChI is InChI=1S/C16H14BrN3O2/c1-11-15(6-7-22-11)16(21)19-14-8-18-20(10-14)9-12-2-4-13(17)5-3-12/h2-8,10H,9H2,1H3,(H,19,21). The van der Waals surface area contributed by atoms with E-state index in [1.54, 1.807) is 30.1 Å². The molecule has 0 spiro atoms. The Morgan fingerprint density at radius 2 is 2.09 bits per heavy atom. The first kappa shape index (κ1) is 14.6. The molecule has 112 valence electrons. The Hall–Kier alpha value is -2.34. The Bertz CT molecular complexity index is 790. The van der Waals surface area contributed by atoms with Gasteiger partial charge in [0.2, 0.25) is 0 Å². The van der Waals surface area contributed by atoms with Gasteiger partial charge in [0.05, 0.1) is 30.3 Å². The Balaban J connectivity index is 1.67. The molecular weight excluding hydrogens is 346 g/mol. The lowest BCUT2D eigenvalue weighted by Crippen LogP contribution is -2.11. The zero-order chi connectivity index (χ0) is 15.5. The summed E-state index contributed by atoms with van der Waals surface area (Å²) >= 11 is 3.41. The molecule has 0 aliphatic heterocycles. The number of carbonyl (C=O) groups is 1. The van der Waals surface area contributed by atoms with Crippen molar-refractivity contribution in [1.82, 2.24) is 9.78 Å². The summed E-state index contributed by atoms with van der Waals surface area (Å²) in [6.45, 7) is 2.40. The number of amides is 1. The van der Waals surface area contributed by atoms with Crippen molar-refractivity contribution in [3.63, 3.8) is 0 Å². The van der Waals surface area contributed by atoms with Gasteiger partial charge in [-0.3, -0.25) is 9.48 Å². The predicted octanol–water partition coefficient (Wildman–Crippen LogP) is 3.85. The minimum Gasteiger partial charge on any atom is -0.469 e. The van der Waals surface area contributed by atoms with E-state index in [4.69, 9.17) is 4.42 Å².